The van der Waals surface area contributed by atoms with E-state index in [1.165, 1.54) is 18.2 Å². The number of rotatable bonds is 6. The van der Waals surface area contributed by atoms with Crippen LogP contribution in [0.5, 0.6) is 5.75 Å². The second-order valence-corrected chi connectivity index (χ2v) is 5.22. The van der Waals surface area contributed by atoms with Crippen molar-refractivity contribution in [1.82, 2.24) is 0 Å². The van der Waals surface area contributed by atoms with Crippen molar-refractivity contribution in [2.24, 2.45) is 10.9 Å². The van der Waals surface area contributed by atoms with Gasteiger partial charge < -0.3 is 20.0 Å². The number of carbonyl (C=O) groups excluding carboxylic acids is 1. The summed E-state index contributed by atoms with van der Waals surface area (Å²) in [7, 11) is 0. The molecule has 0 spiro atoms. The van der Waals surface area contributed by atoms with E-state index in [4.69, 9.17) is 15.3 Å². The second-order valence-electron chi connectivity index (χ2n) is 5.22. The predicted octanol–water partition coefficient (Wildman–Crippen LogP) is 2.16. The number of nitrogens with two attached hydrogens (primary N) is 1. The third-order valence-corrected chi connectivity index (χ3v) is 3.34. The Hall–Kier alpha value is -2.29. The number of nitrogens with zero attached hydrogens (tertiary/aromatic N) is 1. The smallest absolute Gasteiger partial charge is 0.463 e. The molecule has 1 heterocycles. The van der Waals surface area contributed by atoms with Gasteiger partial charge in [-0.1, -0.05) is 17.3 Å². The molecule has 0 radical (unpaired) electrons. The van der Waals surface area contributed by atoms with Gasteiger partial charge in [-0.25, -0.2) is 4.79 Å². The molecule has 0 fully saturated rings. The summed E-state index contributed by atoms with van der Waals surface area (Å²) in [6, 6.07) is 5.33. The van der Waals surface area contributed by atoms with Crippen molar-refractivity contribution >= 4 is 11.7 Å². The number of hydrogen-bond acceptors (Lipinski definition) is 6. The van der Waals surface area contributed by atoms with E-state index < -0.39 is 17.9 Å². The van der Waals surface area contributed by atoms with E-state index in [9.17, 15) is 18.0 Å². The molecule has 0 aliphatic carbocycles. The molecule has 132 valence electrons. The zero-order valence-corrected chi connectivity index (χ0v) is 12.9. The van der Waals surface area contributed by atoms with Crippen LogP contribution in [0, 0.1) is 0 Å². The lowest BCUT2D eigenvalue weighted by molar-refractivity contribution is -0.274. The molecular formula is C15H17F3N2O4. The highest BCUT2D eigenvalue weighted by atomic mass is 19.4. The zero-order chi connectivity index (χ0) is 17.8. The van der Waals surface area contributed by atoms with Crippen LogP contribution >= 0.6 is 0 Å². The van der Waals surface area contributed by atoms with Gasteiger partial charge in [0.2, 0.25) is 5.60 Å². The van der Waals surface area contributed by atoms with Crippen molar-refractivity contribution in [1.29, 1.82) is 0 Å². The van der Waals surface area contributed by atoms with Crippen LogP contribution in [0.2, 0.25) is 0 Å². The Kier molecular flexibility index (Phi) is 5.33. The third-order valence-electron chi connectivity index (χ3n) is 3.34. The number of hydrogen-bond donors (Lipinski definition) is 1. The van der Waals surface area contributed by atoms with E-state index in [-0.39, 0.29) is 31.7 Å². The first-order chi connectivity index (χ1) is 11.3. The Morgan fingerprint density at radius 3 is 2.79 bits per heavy atom. The third kappa shape index (κ3) is 4.38. The van der Waals surface area contributed by atoms with E-state index in [0.717, 1.165) is 0 Å². The fraction of sp³-hybridized carbons (Fsp3) is 0.467. The monoisotopic (exact) mass is 346 g/mol. The summed E-state index contributed by atoms with van der Waals surface area (Å²) in [6.45, 7) is 1.89. The van der Waals surface area contributed by atoms with Crippen LogP contribution in [0.3, 0.4) is 0 Å². The van der Waals surface area contributed by atoms with Crippen LogP contribution in [0.25, 0.3) is 0 Å². The minimum Gasteiger partial charge on any atom is -0.463 e. The van der Waals surface area contributed by atoms with Crippen molar-refractivity contribution in [2.75, 3.05) is 13.2 Å². The number of alkyl halides is 3. The Morgan fingerprint density at radius 1 is 1.46 bits per heavy atom. The minimum absolute atomic E-state index is 0.0199. The standard InChI is InChI=1S/C15H17F3N2O4/c1-2-22-13(21)14(8-11(9-19)20-24-14)7-10-4-3-5-12(6-10)23-15(16,17)18/h3-6H,2,7-9,19H2,1H3. The summed E-state index contributed by atoms with van der Waals surface area (Å²) in [5, 5.41) is 3.77. The van der Waals surface area contributed by atoms with Gasteiger partial charge in [-0.05, 0) is 24.6 Å². The fourth-order valence-corrected chi connectivity index (χ4v) is 2.38. The molecule has 2 N–H and O–H groups in total. The highest BCUT2D eigenvalue weighted by molar-refractivity contribution is 5.94. The highest BCUT2D eigenvalue weighted by Gasteiger charge is 2.48. The maximum atomic E-state index is 12.3. The van der Waals surface area contributed by atoms with E-state index in [1.54, 1.807) is 13.0 Å². The van der Waals surface area contributed by atoms with E-state index in [0.29, 0.717) is 11.3 Å². The molecule has 1 aliphatic heterocycles. The number of benzene rings is 1. The lowest BCUT2D eigenvalue weighted by atomic mass is 9.89. The van der Waals surface area contributed by atoms with Gasteiger partial charge in [0.05, 0.1) is 12.3 Å². The SMILES string of the molecule is CCOC(=O)C1(Cc2cccc(OC(F)(F)F)c2)CC(CN)=NO1. The highest BCUT2D eigenvalue weighted by Crippen LogP contribution is 2.31. The molecule has 1 atom stereocenters. The Morgan fingerprint density at radius 2 is 2.21 bits per heavy atom. The number of esters is 1. The topological polar surface area (TPSA) is 83.1 Å². The number of oxime groups is 1. The van der Waals surface area contributed by atoms with Gasteiger partial charge in [0.25, 0.3) is 0 Å². The molecule has 1 aliphatic rings. The van der Waals surface area contributed by atoms with Crippen molar-refractivity contribution in [2.45, 2.75) is 31.7 Å². The normalized spacial score (nSPS) is 20.3. The van der Waals surface area contributed by atoms with Crippen molar-refractivity contribution < 1.29 is 32.3 Å². The van der Waals surface area contributed by atoms with Crippen molar-refractivity contribution in [3.05, 3.63) is 29.8 Å². The fourth-order valence-electron chi connectivity index (χ4n) is 2.38. The summed E-state index contributed by atoms with van der Waals surface area (Å²) in [5.41, 5.74) is 4.97. The predicted molar refractivity (Wildman–Crippen MR) is 78.4 cm³/mol. The first kappa shape index (κ1) is 18.1. The number of carbonyl (C=O) groups is 1. The van der Waals surface area contributed by atoms with Gasteiger partial charge in [-0.15, -0.1) is 13.2 Å². The maximum Gasteiger partial charge on any atom is 0.573 e. The molecule has 6 nitrogen and oxygen atoms in total. The van der Waals surface area contributed by atoms with Gasteiger partial charge in [0.15, 0.2) is 0 Å². The number of ether oxygens (including phenoxy) is 2. The molecule has 9 heteroatoms. The summed E-state index contributed by atoms with van der Waals surface area (Å²) in [6.07, 6.45) is -4.70. The van der Waals surface area contributed by atoms with Crippen molar-refractivity contribution in [3.8, 4) is 5.75 Å². The lowest BCUT2D eigenvalue weighted by Gasteiger charge is -2.24. The van der Waals surface area contributed by atoms with Crippen LogP contribution in [0.4, 0.5) is 13.2 Å². The molecule has 24 heavy (non-hydrogen) atoms. The van der Waals surface area contributed by atoms with Gasteiger partial charge in [-0.2, -0.15) is 0 Å². The molecule has 0 saturated heterocycles. The summed E-state index contributed by atoms with van der Waals surface area (Å²) in [4.78, 5) is 17.5. The van der Waals surface area contributed by atoms with E-state index >= 15 is 0 Å². The molecule has 1 aromatic rings. The molecule has 0 bridgehead atoms. The van der Waals surface area contributed by atoms with Crippen molar-refractivity contribution in [3.63, 3.8) is 0 Å². The van der Waals surface area contributed by atoms with Crippen LogP contribution in [-0.4, -0.2) is 36.8 Å². The average Bonchev–Trinajstić information content (AvgIpc) is 2.91. The molecule has 1 aromatic carbocycles. The van der Waals surface area contributed by atoms with Crippen LogP contribution in [0.1, 0.15) is 18.9 Å². The molecule has 1 unspecified atom stereocenters. The first-order valence-electron chi connectivity index (χ1n) is 7.24. The largest absolute Gasteiger partial charge is 0.573 e. The minimum atomic E-state index is -4.79. The van der Waals surface area contributed by atoms with E-state index in [1.807, 2.05) is 0 Å². The Bertz CT molecular complexity index is 633. The Labute approximate surface area is 136 Å². The van der Waals surface area contributed by atoms with Crippen LogP contribution < -0.4 is 10.5 Å². The maximum absolute atomic E-state index is 12.3. The summed E-state index contributed by atoms with van der Waals surface area (Å²) in [5.74, 6) is -1.02. The van der Waals surface area contributed by atoms with Gasteiger partial charge in [0, 0.05) is 19.4 Å². The van der Waals surface area contributed by atoms with Gasteiger partial charge in [-0.3, -0.25) is 0 Å². The zero-order valence-electron chi connectivity index (χ0n) is 12.9. The molecular weight excluding hydrogens is 329 g/mol. The lowest BCUT2D eigenvalue weighted by Crippen LogP contribution is -2.43. The molecule has 0 amide bonds. The average molecular weight is 346 g/mol. The van der Waals surface area contributed by atoms with Crippen LogP contribution in [0.15, 0.2) is 29.4 Å². The molecule has 0 saturated carbocycles. The molecule has 0 aromatic heterocycles. The molecule has 2 rings (SSSR count). The summed E-state index contributed by atoms with van der Waals surface area (Å²) < 4.78 is 45.9. The first-order valence-corrected chi connectivity index (χ1v) is 7.24. The quantitative estimate of drug-likeness (QED) is 0.798. The number of halogens is 3. The summed E-state index contributed by atoms with van der Waals surface area (Å²) >= 11 is 0. The van der Waals surface area contributed by atoms with E-state index in [2.05, 4.69) is 9.89 Å². The Balaban J connectivity index is 2.21. The second kappa shape index (κ2) is 7.08. The van der Waals surface area contributed by atoms with Crippen LogP contribution in [-0.2, 0) is 20.8 Å². The van der Waals surface area contributed by atoms with Gasteiger partial charge in [0.1, 0.15) is 5.75 Å². The van der Waals surface area contributed by atoms with Gasteiger partial charge >= 0.3 is 12.3 Å².